The van der Waals surface area contributed by atoms with Gasteiger partial charge in [-0.2, -0.15) is 5.10 Å². The van der Waals surface area contributed by atoms with Gasteiger partial charge in [0.15, 0.2) is 0 Å². The molecule has 2 aliphatic heterocycles. The quantitative estimate of drug-likeness (QED) is 0.839. The molecule has 1 spiro atoms. The Balaban J connectivity index is 1.51. The Hall–Kier alpha value is -2.12. The van der Waals surface area contributed by atoms with E-state index in [0.29, 0.717) is 13.1 Å². The first-order chi connectivity index (χ1) is 11.9. The summed E-state index contributed by atoms with van der Waals surface area (Å²) < 4.78 is 7.47. The Labute approximate surface area is 147 Å². The lowest BCUT2D eigenvalue weighted by Crippen LogP contribution is -2.64. The van der Waals surface area contributed by atoms with Crippen molar-refractivity contribution in [2.75, 3.05) is 38.1 Å². The van der Waals surface area contributed by atoms with E-state index in [1.165, 1.54) is 0 Å². The monoisotopic (exact) mass is 343 g/mol. The van der Waals surface area contributed by atoms with E-state index in [-0.39, 0.29) is 11.4 Å². The molecule has 2 aromatic heterocycles. The topological polar surface area (TPSA) is 57.8 Å². The SMILES string of the molecule is Cc1ccc(CN2CC[C@]3(C2)CN(c2cnn(C)c2)C(=O)CN3C)o1. The predicted octanol–water partition coefficient (Wildman–Crippen LogP) is 1.24. The maximum atomic E-state index is 12.5. The number of nitrogens with zero attached hydrogens (tertiary/aromatic N) is 5. The van der Waals surface area contributed by atoms with Crippen LogP contribution in [0.1, 0.15) is 17.9 Å². The first-order valence-electron chi connectivity index (χ1n) is 8.73. The standard InChI is InChI=1S/C18H25N5O2/c1-14-4-5-16(25-14)10-22-7-6-18(12-22)13-23(17(24)11-20(18)2)15-8-19-21(3)9-15/h4-5,8-9H,6-7,10-13H2,1-3H3/t18-/m0/s1. The molecule has 0 saturated carbocycles. The molecular weight excluding hydrogens is 318 g/mol. The average Bonchev–Trinajstić information content (AvgIpc) is 3.26. The lowest BCUT2D eigenvalue weighted by molar-refractivity contribution is -0.123. The minimum Gasteiger partial charge on any atom is -0.465 e. The largest absolute Gasteiger partial charge is 0.465 e. The molecule has 25 heavy (non-hydrogen) atoms. The highest BCUT2D eigenvalue weighted by molar-refractivity contribution is 5.95. The molecule has 134 valence electrons. The summed E-state index contributed by atoms with van der Waals surface area (Å²) in [6.45, 7) is 5.91. The second-order valence-electron chi connectivity index (χ2n) is 7.41. The van der Waals surface area contributed by atoms with E-state index in [2.05, 4.69) is 28.0 Å². The summed E-state index contributed by atoms with van der Waals surface area (Å²) in [5.74, 6) is 2.10. The molecule has 0 aromatic carbocycles. The third-order valence-corrected chi connectivity index (χ3v) is 5.53. The predicted molar refractivity (Wildman–Crippen MR) is 94.3 cm³/mol. The van der Waals surface area contributed by atoms with E-state index in [0.717, 1.165) is 43.3 Å². The smallest absolute Gasteiger partial charge is 0.241 e. The van der Waals surface area contributed by atoms with Crippen LogP contribution in [-0.4, -0.2) is 64.3 Å². The molecule has 0 unspecified atom stereocenters. The molecule has 4 rings (SSSR count). The molecule has 1 atom stereocenters. The second kappa shape index (κ2) is 6.00. The Morgan fingerprint density at radius 2 is 2.12 bits per heavy atom. The summed E-state index contributed by atoms with van der Waals surface area (Å²) in [4.78, 5) is 19.1. The molecule has 0 aliphatic carbocycles. The molecule has 2 fully saturated rings. The summed E-state index contributed by atoms with van der Waals surface area (Å²) in [5.41, 5.74) is 0.880. The lowest BCUT2D eigenvalue weighted by Gasteiger charge is -2.46. The van der Waals surface area contributed by atoms with Gasteiger partial charge in [0.1, 0.15) is 11.5 Å². The number of carbonyl (C=O) groups is 1. The van der Waals surface area contributed by atoms with Crippen LogP contribution in [0, 0.1) is 6.92 Å². The molecule has 7 heteroatoms. The number of likely N-dealkylation sites (N-methyl/N-ethyl adjacent to an activating group) is 1. The van der Waals surface area contributed by atoms with Gasteiger partial charge in [-0.15, -0.1) is 0 Å². The van der Waals surface area contributed by atoms with Gasteiger partial charge in [0.25, 0.3) is 0 Å². The minimum atomic E-state index is -0.00854. The Morgan fingerprint density at radius 1 is 1.28 bits per heavy atom. The fourth-order valence-electron chi connectivity index (χ4n) is 4.05. The molecular formula is C18H25N5O2. The van der Waals surface area contributed by atoms with E-state index in [1.807, 2.05) is 31.1 Å². The number of hydrogen-bond acceptors (Lipinski definition) is 5. The van der Waals surface area contributed by atoms with Gasteiger partial charge in [-0.05, 0) is 32.5 Å². The molecule has 0 N–H and O–H groups in total. The van der Waals surface area contributed by atoms with Crippen LogP contribution >= 0.6 is 0 Å². The molecule has 4 heterocycles. The first-order valence-corrected chi connectivity index (χ1v) is 8.73. The van der Waals surface area contributed by atoms with Crippen LogP contribution in [0.5, 0.6) is 0 Å². The van der Waals surface area contributed by atoms with E-state index in [9.17, 15) is 4.79 Å². The van der Waals surface area contributed by atoms with Crippen LogP contribution in [0.15, 0.2) is 28.9 Å². The maximum Gasteiger partial charge on any atom is 0.241 e. The number of amides is 1. The second-order valence-corrected chi connectivity index (χ2v) is 7.41. The summed E-state index contributed by atoms with van der Waals surface area (Å²) in [6.07, 6.45) is 4.73. The van der Waals surface area contributed by atoms with Gasteiger partial charge in [-0.3, -0.25) is 19.3 Å². The normalized spacial score (nSPS) is 25.4. The van der Waals surface area contributed by atoms with Crippen molar-refractivity contribution in [2.24, 2.45) is 7.05 Å². The third-order valence-electron chi connectivity index (χ3n) is 5.53. The number of hydrogen-bond donors (Lipinski definition) is 0. The van der Waals surface area contributed by atoms with Crippen molar-refractivity contribution < 1.29 is 9.21 Å². The molecule has 0 bridgehead atoms. The molecule has 0 radical (unpaired) electrons. The van der Waals surface area contributed by atoms with E-state index >= 15 is 0 Å². The zero-order valence-corrected chi connectivity index (χ0v) is 15.1. The Bertz CT molecular complexity index is 782. The van der Waals surface area contributed by atoms with Crippen molar-refractivity contribution in [3.05, 3.63) is 36.0 Å². The van der Waals surface area contributed by atoms with Crippen LogP contribution in [0.3, 0.4) is 0 Å². The molecule has 2 saturated heterocycles. The lowest BCUT2D eigenvalue weighted by atomic mass is 9.93. The molecule has 2 aliphatic rings. The highest BCUT2D eigenvalue weighted by atomic mass is 16.3. The van der Waals surface area contributed by atoms with Gasteiger partial charge in [0.05, 0.1) is 30.5 Å². The van der Waals surface area contributed by atoms with Crippen molar-refractivity contribution in [3.8, 4) is 0 Å². The Morgan fingerprint density at radius 3 is 2.80 bits per heavy atom. The van der Waals surface area contributed by atoms with Crippen LogP contribution in [0.4, 0.5) is 5.69 Å². The maximum absolute atomic E-state index is 12.5. The van der Waals surface area contributed by atoms with Crippen molar-refractivity contribution in [2.45, 2.75) is 25.4 Å². The zero-order chi connectivity index (χ0) is 17.6. The van der Waals surface area contributed by atoms with Crippen molar-refractivity contribution in [1.29, 1.82) is 0 Å². The van der Waals surface area contributed by atoms with Gasteiger partial charge >= 0.3 is 0 Å². The van der Waals surface area contributed by atoms with Gasteiger partial charge in [-0.25, -0.2) is 0 Å². The number of carbonyl (C=O) groups excluding carboxylic acids is 1. The minimum absolute atomic E-state index is 0.00854. The highest BCUT2D eigenvalue weighted by Crippen LogP contribution is 2.34. The van der Waals surface area contributed by atoms with Crippen molar-refractivity contribution >= 4 is 11.6 Å². The average molecular weight is 343 g/mol. The Kier molecular flexibility index (Phi) is 3.92. The van der Waals surface area contributed by atoms with Gasteiger partial charge in [-0.1, -0.05) is 0 Å². The number of furan rings is 1. The van der Waals surface area contributed by atoms with Gasteiger partial charge in [0.2, 0.25) is 5.91 Å². The van der Waals surface area contributed by atoms with Gasteiger partial charge in [0, 0.05) is 32.9 Å². The number of anilines is 1. The van der Waals surface area contributed by atoms with Crippen molar-refractivity contribution in [1.82, 2.24) is 19.6 Å². The molecule has 2 aromatic rings. The van der Waals surface area contributed by atoms with E-state index < -0.39 is 0 Å². The summed E-state index contributed by atoms with van der Waals surface area (Å²) in [7, 11) is 3.95. The summed E-state index contributed by atoms with van der Waals surface area (Å²) in [5, 5.41) is 4.22. The highest BCUT2D eigenvalue weighted by Gasteiger charge is 2.47. The van der Waals surface area contributed by atoms with E-state index in [4.69, 9.17) is 4.42 Å². The summed E-state index contributed by atoms with van der Waals surface area (Å²) >= 11 is 0. The number of aromatic nitrogens is 2. The van der Waals surface area contributed by atoms with Crippen LogP contribution in [-0.2, 0) is 18.4 Å². The fourth-order valence-corrected chi connectivity index (χ4v) is 4.05. The zero-order valence-electron chi connectivity index (χ0n) is 15.1. The first kappa shape index (κ1) is 16.4. The fraction of sp³-hybridized carbons (Fsp3) is 0.556. The number of likely N-dealkylation sites (tertiary alicyclic amines) is 1. The van der Waals surface area contributed by atoms with Crippen LogP contribution in [0.25, 0.3) is 0 Å². The molecule has 7 nitrogen and oxygen atoms in total. The number of aryl methyl sites for hydroxylation is 2. The summed E-state index contributed by atoms with van der Waals surface area (Å²) in [6, 6.07) is 4.06. The third kappa shape index (κ3) is 2.98. The van der Waals surface area contributed by atoms with E-state index in [1.54, 1.807) is 10.9 Å². The van der Waals surface area contributed by atoms with Gasteiger partial charge < -0.3 is 9.32 Å². The molecule has 1 amide bonds. The number of rotatable bonds is 3. The van der Waals surface area contributed by atoms with Crippen molar-refractivity contribution in [3.63, 3.8) is 0 Å². The number of piperazine rings is 1. The van der Waals surface area contributed by atoms with Crippen LogP contribution < -0.4 is 4.90 Å². The van der Waals surface area contributed by atoms with Crippen LogP contribution in [0.2, 0.25) is 0 Å².